The molecular formula is C29H33Cl2N3O5S. The van der Waals surface area contributed by atoms with E-state index in [0.717, 1.165) is 9.87 Å². The molecule has 0 unspecified atom stereocenters. The van der Waals surface area contributed by atoms with Gasteiger partial charge in [0.05, 0.1) is 17.7 Å². The first kappa shape index (κ1) is 31.3. The summed E-state index contributed by atoms with van der Waals surface area (Å²) in [5.74, 6) is -0.453. The SMILES string of the molecule is COc1ccc(S(=O)(=O)N(CC(=O)N(Cc2ccc(Cl)cc2)[C@H](C)C(=O)NC(C)(C)C)c2ccc(Cl)cc2)cc1. The minimum Gasteiger partial charge on any atom is -0.497 e. The van der Waals surface area contributed by atoms with E-state index in [2.05, 4.69) is 5.32 Å². The van der Waals surface area contributed by atoms with Gasteiger partial charge in [0.25, 0.3) is 10.0 Å². The van der Waals surface area contributed by atoms with Gasteiger partial charge in [-0.3, -0.25) is 13.9 Å². The molecule has 0 radical (unpaired) electrons. The Morgan fingerprint density at radius 2 is 1.43 bits per heavy atom. The number of amides is 2. The summed E-state index contributed by atoms with van der Waals surface area (Å²) < 4.78 is 33.9. The van der Waals surface area contributed by atoms with Crippen LogP contribution in [0.4, 0.5) is 5.69 Å². The number of carbonyl (C=O) groups excluding carboxylic acids is 2. The van der Waals surface area contributed by atoms with Gasteiger partial charge in [0.2, 0.25) is 11.8 Å². The standard InChI is InChI=1S/C29H33Cl2N3O5S/c1-20(28(36)32-29(2,3)4)33(18-21-6-8-22(30)9-7-21)27(35)19-34(24-12-10-23(31)11-13-24)40(37,38)26-16-14-25(39-5)15-17-26/h6-17,20H,18-19H2,1-5H3,(H,32,36)/t20-/m1/s1. The summed E-state index contributed by atoms with van der Waals surface area (Å²) in [6, 6.07) is 18.0. The van der Waals surface area contributed by atoms with Gasteiger partial charge in [-0.2, -0.15) is 0 Å². The lowest BCUT2D eigenvalue weighted by Gasteiger charge is -2.33. The van der Waals surface area contributed by atoms with Gasteiger partial charge in [-0.05, 0) is 93.9 Å². The van der Waals surface area contributed by atoms with E-state index in [-0.39, 0.29) is 23.0 Å². The average Bonchev–Trinajstić information content (AvgIpc) is 2.90. The predicted molar refractivity (Wildman–Crippen MR) is 158 cm³/mol. The molecule has 8 nitrogen and oxygen atoms in total. The lowest BCUT2D eigenvalue weighted by Crippen LogP contribution is -2.54. The first-order valence-electron chi connectivity index (χ1n) is 12.5. The third-order valence-electron chi connectivity index (χ3n) is 5.97. The van der Waals surface area contributed by atoms with E-state index in [4.69, 9.17) is 27.9 Å². The molecule has 0 aliphatic carbocycles. The van der Waals surface area contributed by atoms with E-state index in [1.165, 1.54) is 48.4 Å². The van der Waals surface area contributed by atoms with E-state index >= 15 is 0 Å². The fraction of sp³-hybridized carbons (Fsp3) is 0.310. The van der Waals surface area contributed by atoms with E-state index in [0.29, 0.717) is 15.8 Å². The Morgan fingerprint density at radius 1 is 0.900 bits per heavy atom. The molecule has 1 atom stereocenters. The van der Waals surface area contributed by atoms with E-state index in [9.17, 15) is 18.0 Å². The number of benzene rings is 3. The van der Waals surface area contributed by atoms with Crippen LogP contribution in [0.25, 0.3) is 0 Å². The Balaban J connectivity index is 2.03. The monoisotopic (exact) mass is 605 g/mol. The molecule has 0 bridgehead atoms. The summed E-state index contributed by atoms with van der Waals surface area (Å²) >= 11 is 12.1. The number of nitrogens with one attached hydrogen (secondary N) is 1. The van der Waals surface area contributed by atoms with Gasteiger partial charge in [0.15, 0.2) is 0 Å². The number of ether oxygens (including phenoxy) is 1. The molecule has 3 aromatic rings. The molecule has 0 saturated carbocycles. The Labute approximate surface area is 245 Å². The second-order valence-electron chi connectivity index (χ2n) is 10.2. The Kier molecular flexibility index (Phi) is 10.1. The minimum absolute atomic E-state index is 0.0289. The maximum Gasteiger partial charge on any atom is 0.264 e. The van der Waals surface area contributed by atoms with Crippen LogP contribution in [-0.4, -0.2) is 50.4 Å². The molecule has 3 aromatic carbocycles. The molecule has 0 aliphatic rings. The van der Waals surface area contributed by atoms with Crippen molar-refractivity contribution in [3.63, 3.8) is 0 Å². The molecule has 2 amide bonds. The smallest absolute Gasteiger partial charge is 0.264 e. The van der Waals surface area contributed by atoms with Crippen molar-refractivity contribution in [1.82, 2.24) is 10.2 Å². The second kappa shape index (κ2) is 12.9. The van der Waals surface area contributed by atoms with E-state index in [1.807, 2.05) is 20.8 Å². The zero-order chi connectivity index (χ0) is 29.7. The van der Waals surface area contributed by atoms with Crippen molar-refractivity contribution in [2.75, 3.05) is 18.0 Å². The highest BCUT2D eigenvalue weighted by Gasteiger charge is 2.33. The first-order valence-corrected chi connectivity index (χ1v) is 14.7. The van der Waals surface area contributed by atoms with Crippen LogP contribution < -0.4 is 14.4 Å². The maximum absolute atomic E-state index is 13.9. The number of halogens is 2. The lowest BCUT2D eigenvalue weighted by molar-refractivity contribution is -0.140. The number of hydrogen-bond donors (Lipinski definition) is 1. The van der Waals surface area contributed by atoms with E-state index in [1.54, 1.807) is 43.3 Å². The fourth-order valence-electron chi connectivity index (χ4n) is 3.85. The largest absolute Gasteiger partial charge is 0.497 e. The molecular weight excluding hydrogens is 573 g/mol. The second-order valence-corrected chi connectivity index (χ2v) is 13.0. The summed E-state index contributed by atoms with van der Waals surface area (Å²) in [4.78, 5) is 28.4. The summed E-state index contributed by atoms with van der Waals surface area (Å²) in [5, 5.41) is 3.83. The number of methoxy groups -OCH3 is 1. The highest BCUT2D eigenvalue weighted by Crippen LogP contribution is 2.27. The van der Waals surface area contributed by atoms with Crippen molar-refractivity contribution in [3.05, 3.63) is 88.4 Å². The number of hydrogen-bond acceptors (Lipinski definition) is 5. The molecule has 0 spiro atoms. The molecule has 0 fully saturated rings. The van der Waals surface area contributed by atoms with Crippen LogP contribution >= 0.6 is 23.2 Å². The molecule has 0 heterocycles. The van der Waals surface area contributed by atoms with Gasteiger partial charge in [0.1, 0.15) is 18.3 Å². The molecule has 11 heteroatoms. The summed E-state index contributed by atoms with van der Waals surface area (Å²) in [6.07, 6.45) is 0. The molecule has 1 N–H and O–H groups in total. The van der Waals surface area contributed by atoms with Crippen molar-refractivity contribution in [3.8, 4) is 5.75 Å². The summed E-state index contributed by atoms with van der Waals surface area (Å²) in [5.41, 5.74) is 0.434. The lowest BCUT2D eigenvalue weighted by atomic mass is 10.1. The third-order valence-corrected chi connectivity index (χ3v) is 8.26. The molecule has 0 aromatic heterocycles. The average molecular weight is 607 g/mol. The van der Waals surface area contributed by atoms with Gasteiger partial charge in [-0.25, -0.2) is 8.42 Å². The molecule has 0 saturated heterocycles. The minimum atomic E-state index is -4.20. The van der Waals surface area contributed by atoms with Crippen LogP contribution in [0.2, 0.25) is 10.0 Å². The Morgan fingerprint density at radius 3 is 1.93 bits per heavy atom. The number of carbonyl (C=O) groups is 2. The summed E-state index contributed by atoms with van der Waals surface area (Å²) in [6.45, 7) is 6.63. The zero-order valence-electron chi connectivity index (χ0n) is 23.0. The van der Waals surface area contributed by atoms with Crippen molar-refractivity contribution in [2.45, 2.75) is 50.7 Å². The molecule has 3 rings (SSSR count). The highest BCUT2D eigenvalue weighted by molar-refractivity contribution is 7.92. The van der Waals surface area contributed by atoms with Gasteiger partial charge in [-0.1, -0.05) is 35.3 Å². The Hall–Kier alpha value is -3.27. The maximum atomic E-state index is 13.9. The number of anilines is 1. The zero-order valence-corrected chi connectivity index (χ0v) is 25.3. The van der Waals surface area contributed by atoms with Crippen LogP contribution in [0, 0.1) is 0 Å². The highest BCUT2D eigenvalue weighted by atomic mass is 35.5. The third kappa shape index (κ3) is 8.13. The number of sulfonamides is 1. The summed E-state index contributed by atoms with van der Waals surface area (Å²) in [7, 11) is -2.72. The van der Waals surface area contributed by atoms with Gasteiger partial charge >= 0.3 is 0 Å². The first-order chi connectivity index (χ1) is 18.7. The van der Waals surface area contributed by atoms with Crippen molar-refractivity contribution < 1.29 is 22.7 Å². The Bertz CT molecular complexity index is 1420. The number of rotatable bonds is 10. The fourth-order valence-corrected chi connectivity index (χ4v) is 5.52. The molecule has 0 aliphatic heterocycles. The van der Waals surface area contributed by atoms with Crippen molar-refractivity contribution in [2.24, 2.45) is 0 Å². The molecule has 40 heavy (non-hydrogen) atoms. The molecule has 214 valence electrons. The predicted octanol–water partition coefficient (Wildman–Crippen LogP) is 5.53. The van der Waals surface area contributed by atoms with Crippen LogP contribution in [0.1, 0.15) is 33.3 Å². The van der Waals surface area contributed by atoms with Crippen molar-refractivity contribution in [1.29, 1.82) is 0 Å². The van der Waals surface area contributed by atoms with Gasteiger partial charge in [-0.15, -0.1) is 0 Å². The van der Waals surface area contributed by atoms with Crippen LogP contribution in [-0.2, 0) is 26.2 Å². The number of nitrogens with zero attached hydrogens (tertiary/aromatic N) is 2. The topological polar surface area (TPSA) is 96.0 Å². The van der Waals surface area contributed by atoms with Crippen LogP contribution in [0.3, 0.4) is 0 Å². The quantitative estimate of drug-likeness (QED) is 0.328. The normalized spacial score (nSPS) is 12.4. The van der Waals surface area contributed by atoms with Crippen LogP contribution in [0.5, 0.6) is 5.75 Å². The van der Waals surface area contributed by atoms with Crippen LogP contribution in [0.15, 0.2) is 77.7 Å². The van der Waals surface area contributed by atoms with Gasteiger partial charge in [0, 0.05) is 22.1 Å². The van der Waals surface area contributed by atoms with Gasteiger partial charge < -0.3 is 15.0 Å². The van der Waals surface area contributed by atoms with E-state index < -0.39 is 34.1 Å². The van der Waals surface area contributed by atoms with Crippen molar-refractivity contribution >= 4 is 50.7 Å².